The molecular formula is C18H25NO4S. The van der Waals surface area contributed by atoms with E-state index in [2.05, 4.69) is 0 Å². The minimum absolute atomic E-state index is 0.0513. The zero-order valence-corrected chi connectivity index (χ0v) is 15.5. The van der Waals surface area contributed by atoms with Gasteiger partial charge in [-0.25, -0.2) is 0 Å². The molecule has 1 unspecified atom stereocenters. The number of rotatable bonds is 6. The molecule has 1 aromatic rings. The Labute approximate surface area is 147 Å². The number of hydrogen-bond donors (Lipinski definition) is 0. The molecule has 1 aliphatic heterocycles. The van der Waals surface area contributed by atoms with Crippen LogP contribution in [0.1, 0.15) is 45.1 Å². The van der Waals surface area contributed by atoms with Gasteiger partial charge in [0, 0.05) is 6.54 Å². The molecule has 2 rings (SSSR count). The van der Waals surface area contributed by atoms with Crippen LogP contribution in [0.5, 0.6) is 5.75 Å². The van der Waals surface area contributed by atoms with Gasteiger partial charge in [0.15, 0.2) is 0 Å². The largest absolute Gasteiger partial charge is 0.494 e. The predicted octanol–water partition coefficient (Wildman–Crippen LogP) is 3.39. The van der Waals surface area contributed by atoms with Crippen molar-refractivity contribution in [2.45, 2.75) is 45.1 Å². The summed E-state index contributed by atoms with van der Waals surface area (Å²) in [6.07, 6.45) is 0.200. The Morgan fingerprint density at radius 3 is 2.79 bits per heavy atom. The van der Waals surface area contributed by atoms with Gasteiger partial charge >= 0.3 is 5.97 Å². The lowest BCUT2D eigenvalue weighted by molar-refractivity contribution is -0.155. The normalized spacial score (nSPS) is 17.9. The molecule has 1 saturated heterocycles. The van der Waals surface area contributed by atoms with Crippen LogP contribution in [0.2, 0.25) is 0 Å². The number of amides is 1. The van der Waals surface area contributed by atoms with Crippen LogP contribution in [0, 0.1) is 0 Å². The summed E-state index contributed by atoms with van der Waals surface area (Å²) in [6.45, 7) is 8.41. The van der Waals surface area contributed by atoms with Gasteiger partial charge in [0.2, 0.25) is 5.91 Å². The lowest BCUT2D eigenvalue weighted by atomic mass is 10.2. The van der Waals surface area contributed by atoms with Crippen molar-refractivity contribution < 1.29 is 19.1 Å². The summed E-state index contributed by atoms with van der Waals surface area (Å²) in [5.41, 5.74) is 0.507. The number of thioether (sulfide) groups is 1. The number of benzene rings is 1. The number of nitrogens with zero attached hydrogens (tertiary/aromatic N) is 1. The Balaban J connectivity index is 2.03. The minimum atomic E-state index is -0.508. The second-order valence-corrected chi connectivity index (χ2v) is 7.66. The summed E-state index contributed by atoms with van der Waals surface area (Å²) < 4.78 is 10.9. The maximum atomic E-state index is 12.2. The van der Waals surface area contributed by atoms with Crippen molar-refractivity contribution in [1.29, 1.82) is 0 Å². The highest BCUT2D eigenvalue weighted by Crippen LogP contribution is 2.39. The van der Waals surface area contributed by atoms with Crippen LogP contribution in [0.15, 0.2) is 24.3 Å². The first-order valence-corrected chi connectivity index (χ1v) is 9.20. The average Bonchev–Trinajstić information content (AvgIpc) is 2.85. The van der Waals surface area contributed by atoms with Crippen LogP contribution in [0.25, 0.3) is 0 Å². The highest BCUT2D eigenvalue weighted by atomic mass is 32.2. The highest BCUT2D eigenvalue weighted by Gasteiger charge is 2.33. The molecule has 24 heavy (non-hydrogen) atoms. The van der Waals surface area contributed by atoms with Gasteiger partial charge in [-0.3, -0.25) is 9.59 Å². The topological polar surface area (TPSA) is 55.8 Å². The zero-order chi connectivity index (χ0) is 17.7. The van der Waals surface area contributed by atoms with E-state index >= 15 is 0 Å². The first kappa shape index (κ1) is 18.6. The SMILES string of the molecule is CCOc1cccc(C2SCC(=O)N2CCC(=O)OC(C)(C)C)c1. The maximum absolute atomic E-state index is 12.2. The molecule has 6 heteroatoms. The average molecular weight is 351 g/mol. The molecule has 0 saturated carbocycles. The first-order chi connectivity index (χ1) is 11.3. The van der Waals surface area contributed by atoms with Gasteiger partial charge < -0.3 is 14.4 Å². The molecule has 1 amide bonds. The molecule has 1 fully saturated rings. The molecule has 5 nitrogen and oxygen atoms in total. The Morgan fingerprint density at radius 2 is 2.12 bits per heavy atom. The third kappa shape index (κ3) is 5.16. The summed E-state index contributed by atoms with van der Waals surface area (Å²) in [6, 6.07) is 7.77. The van der Waals surface area contributed by atoms with Gasteiger partial charge in [-0.2, -0.15) is 0 Å². The molecule has 0 N–H and O–H groups in total. The fraction of sp³-hybridized carbons (Fsp3) is 0.556. The monoisotopic (exact) mass is 351 g/mol. The van der Waals surface area contributed by atoms with Crippen LogP contribution >= 0.6 is 11.8 Å². The van der Waals surface area contributed by atoms with Crippen LogP contribution in [-0.2, 0) is 14.3 Å². The van der Waals surface area contributed by atoms with Crippen molar-refractivity contribution in [2.75, 3.05) is 18.9 Å². The fourth-order valence-corrected chi connectivity index (χ4v) is 3.71. The zero-order valence-electron chi connectivity index (χ0n) is 14.7. The van der Waals surface area contributed by atoms with Crippen molar-refractivity contribution in [3.05, 3.63) is 29.8 Å². The van der Waals surface area contributed by atoms with Crippen molar-refractivity contribution in [3.8, 4) is 5.75 Å². The molecule has 0 aliphatic carbocycles. The molecule has 1 aliphatic rings. The maximum Gasteiger partial charge on any atom is 0.308 e. The van der Waals surface area contributed by atoms with Gasteiger partial charge in [0.1, 0.15) is 16.7 Å². The third-order valence-corrected chi connectivity index (χ3v) is 4.66. The number of ether oxygens (including phenoxy) is 2. The Hall–Kier alpha value is -1.69. The van der Waals surface area contributed by atoms with Crippen molar-refractivity contribution in [2.24, 2.45) is 0 Å². The number of carbonyl (C=O) groups excluding carboxylic acids is 2. The van der Waals surface area contributed by atoms with Crippen LogP contribution < -0.4 is 4.74 Å². The van der Waals surface area contributed by atoms with E-state index in [9.17, 15) is 9.59 Å². The number of hydrogen-bond acceptors (Lipinski definition) is 5. The molecule has 0 aromatic heterocycles. The predicted molar refractivity (Wildman–Crippen MR) is 95.0 cm³/mol. The van der Waals surface area contributed by atoms with Crippen molar-refractivity contribution >= 4 is 23.6 Å². The van der Waals surface area contributed by atoms with E-state index < -0.39 is 5.60 Å². The molecule has 132 valence electrons. The Bertz CT molecular complexity index is 597. The summed E-state index contributed by atoms with van der Waals surface area (Å²) in [4.78, 5) is 25.9. The van der Waals surface area contributed by atoms with Gasteiger partial charge in [0.05, 0.1) is 18.8 Å². The number of carbonyl (C=O) groups is 2. The summed E-state index contributed by atoms with van der Waals surface area (Å²) >= 11 is 1.57. The van der Waals surface area contributed by atoms with E-state index in [1.807, 2.05) is 52.0 Å². The van der Waals surface area contributed by atoms with E-state index in [0.717, 1.165) is 11.3 Å². The molecule has 1 heterocycles. The molecule has 1 aromatic carbocycles. The molecule has 0 spiro atoms. The molecule has 1 atom stereocenters. The summed E-state index contributed by atoms with van der Waals surface area (Å²) in [5.74, 6) is 0.990. The smallest absolute Gasteiger partial charge is 0.308 e. The first-order valence-electron chi connectivity index (χ1n) is 8.16. The van der Waals surface area contributed by atoms with E-state index in [-0.39, 0.29) is 23.7 Å². The lowest BCUT2D eigenvalue weighted by Gasteiger charge is -2.25. The van der Waals surface area contributed by atoms with E-state index in [1.54, 1.807) is 16.7 Å². The quantitative estimate of drug-likeness (QED) is 0.735. The molecule has 0 radical (unpaired) electrons. The highest BCUT2D eigenvalue weighted by molar-refractivity contribution is 8.00. The summed E-state index contributed by atoms with van der Waals surface area (Å²) in [7, 11) is 0. The van der Waals surface area contributed by atoms with Gasteiger partial charge in [-0.05, 0) is 45.4 Å². The number of esters is 1. The van der Waals surface area contributed by atoms with Crippen LogP contribution in [0.4, 0.5) is 0 Å². The lowest BCUT2D eigenvalue weighted by Crippen LogP contribution is -2.32. The summed E-state index contributed by atoms with van der Waals surface area (Å²) in [5, 5.41) is -0.0830. The second-order valence-electron chi connectivity index (χ2n) is 6.59. The van der Waals surface area contributed by atoms with Crippen molar-refractivity contribution in [1.82, 2.24) is 4.90 Å². The standard InChI is InChI=1S/C18H25NO4S/c1-5-22-14-8-6-7-13(11-14)17-19(15(20)12-24-17)10-9-16(21)23-18(2,3)4/h6-8,11,17H,5,9-10,12H2,1-4H3. The van der Waals surface area contributed by atoms with E-state index in [0.29, 0.717) is 18.9 Å². The minimum Gasteiger partial charge on any atom is -0.494 e. The van der Waals surface area contributed by atoms with Crippen molar-refractivity contribution in [3.63, 3.8) is 0 Å². The van der Waals surface area contributed by atoms with Gasteiger partial charge in [-0.15, -0.1) is 11.8 Å². The molecular weight excluding hydrogens is 326 g/mol. The van der Waals surface area contributed by atoms with Gasteiger partial charge in [0.25, 0.3) is 0 Å². The second kappa shape index (κ2) is 7.92. The van der Waals surface area contributed by atoms with Gasteiger partial charge in [-0.1, -0.05) is 12.1 Å². The Kier molecular flexibility index (Phi) is 6.15. The third-order valence-electron chi connectivity index (χ3n) is 3.40. The van der Waals surface area contributed by atoms with Crippen LogP contribution in [-0.4, -0.2) is 41.3 Å². The van der Waals surface area contributed by atoms with E-state index in [4.69, 9.17) is 9.47 Å². The van der Waals surface area contributed by atoms with Crippen LogP contribution in [0.3, 0.4) is 0 Å². The molecule has 0 bridgehead atoms. The Morgan fingerprint density at radius 1 is 1.38 bits per heavy atom. The fourth-order valence-electron chi connectivity index (χ4n) is 2.50. The van der Waals surface area contributed by atoms with E-state index in [1.165, 1.54) is 0 Å².